The van der Waals surface area contributed by atoms with E-state index in [9.17, 15) is 18.4 Å². The van der Waals surface area contributed by atoms with Gasteiger partial charge in [0.15, 0.2) is 0 Å². The Bertz CT molecular complexity index is 541. The van der Waals surface area contributed by atoms with Gasteiger partial charge in [-0.1, -0.05) is 0 Å². The second-order valence-electron chi connectivity index (χ2n) is 3.73. The normalized spacial score (nSPS) is 28.5. The van der Waals surface area contributed by atoms with Gasteiger partial charge < -0.3 is 14.8 Å². The van der Waals surface area contributed by atoms with Crippen LogP contribution in [0, 0.1) is 5.82 Å². The van der Waals surface area contributed by atoms with E-state index in [1.54, 1.807) is 0 Å². The molecule has 8 heteroatoms. The summed E-state index contributed by atoms with van der Waals surface area (Å²) in [7, 11) is 0. The predicted octanol–water partition coefficient (Wildman–Crippen LogP) is -0.573. The molecule has 2 unspecified atom stereocenters. The fourth-order valence-corrected chi connectivity index (χ4v) is 1.76. The maximum Gasteiger partial charge on any atom is 0.333 e. The highest BCUT2D eigenvalue weighted by atomic mass is 19.2. The van der Waals surface area contributed by atoms with Crippen molar-refractivity contribution in [3.05, 3.63) is 32.9 Å². The summed E-state index contributed by atoms with van der Waals surface area (Å²) in [6.07, 6.45) is -0.419. The van der Waals surface area contributed by atoms with Crippen LogP contribution in [0.1, 0.15) is 12.8 Å². The maximum atomic E-state index is 14.2. The summed E-state index contributed by atoms with van der Waals surface area (Å²) in [5.74, 6) is -3.99. The van der Waals surface area contributed by atoms with Gasteiger partial charge >= 0.3 is 5.69 Å². The number of hydrogen-bond acceptors (Lipinski definition) is 4. The minimum atomic E-state index is -2.71. The van der Waals surface area contributed by atoms with Gasteiger partial charge in [-0.25, -0.2) is 4.79 Å². The highest BCUT2D eigenvalue weighted by Crippen LogP contribution is 2.34. The Morgan fingerprint density at radius 2 is 2.35 bits per heavy atom. The lowest BCUT2D eigenvalue weighted by molar-refractivity contribution is -0.206. The van der Waals surface area contributed by atoms with Crippen molar-refractivity contribution in [2.75, 3.05) is 6.61 Å². The highest BCUT2D eigenvalue weighted by Gasteiger charge is 2.44. The van der Waals surface area contributed by atoms with E-state index in [4.69, 9.17) is 9.84 Å². The van der Waals surface area contributed by atoms with Crippen molar-refractivity contribution in [3.63, 3.8) is 0 Å². The molecule has 94 valence electrons. The summed E-state index contributed by atoms with van der Waals surface area (Å²) in [5, 5.41) is 8.80. The first kappa shape index (κ1) is 11.9. The Morgan fingerprint density at radius 3 is 2.94 bits per heavy atom. The van der Waals surface area contributed by atoms with Crippen LogP contribution in [0.5, 0.6) is 0 Å². The molecule has 0 spiro atoms. The van der Waals surface area contributed by atoms with E-state index >= 15 is 0 Å². The van der Waals surface area contributed by atoms with Gasteiger partial charge in [-0.05, 0) is 6.42 Å². The Hall–Kier alpha value is -1.54. The third-order valence-corrected chi connectivity index (χ3v) is 2.59. The molecule has 1 aromatic heterocycles. The van der Waals surface area contributed by atoms with Crippen molar-refractivity contribution in [3.8, 4) is 0 Å². The predicted molar refractivity (Wildman–Crippen MR) is 51.6 cm³/mol. The minimum absolute atomic E-state index is 0.0536. The number of alkyl halides is 1. The Balaban J connectivity index is 2.52. The smallest absolute Gasteiger partial charge is 0.333 e. The molecule has 0 bridgehead atoms. The van der Waals surface area contributed by atoms with Gasteiger partial charge in [0.05, 0.1) is 12.7 Å². The lowest BCUT2D eigenvalue weighted by Gasteiger charge is -2.21. The van der Waals surface area contributed by atoms with Crippen LogP contribution in [-0.4, -0.2) is 27.4 Å². The van der Waals surface area contributed by atoms with E-state index < -0.39 is 35.8 Å². The fraction of sp³-hybridized carbons (Fsp3) is 0.556. The van der Waals surface area contributed by atoms with Crippen molar-refractivity contribution >= 4 is 0 Å². The molecule has 17 heavy (non-hydrogen) atoms. The van der Waals surface area contributed by atoms with E-state index in [-0.39, 0.29) is 17.4 Å². The second kappa shape index (κ2) is 4.04. The van der Waals surface area contributed by atoms with E-state index in [1.165, 1.54) is 0 Å². The average Bonchev–Trinajstić information content (AvgIpc) is 2.67. The molecule has 0 aliphatic carbocycles. The highest BCUT2D eigenvalue weighted by molar-refractivity contribution is 4.92. The fourth-order valence-electron chi connectivity index (χ4n) is 1.76. The molecule has 0 aromatic carbocycles. The molecule has 2 heterocycles. The zero-order valence-corrected chi connectivity index (χ0v) is 8.65. The molecular formula is C9H10F2N2O4. The van der Waals surface area contributed by atoms with Gasteiger partial charge in [-0.15, -0.1) is 0 Å². The van der Waals surface area contributed by atoms with Crippen LogP contribution >= 0.6 is 0 Å². The van der Waals surface area contributed by atoms with Crippen LogP contribution in [-0.2, 0) is 10.7 Å². The maximum absolute atomic E-state index is 14.2. The Kier molecular flexibility index (Phi) is 2.84. The van der Waals surface area contributed by atoms with Crippen LogP contribution in [0.15, 0.2) is 15.8 Å². The summed E-state index contributed by atoms with van der Waals surface area (Å²) >= 11 is 0. The molecule has 1 aliphatic heterocycles. The number of ether oxygens (including phenoxy) is 1. The number of aromatic amines is 1. The molecule has 2 atom stereocenters. The summed E-state index contributed by atoms with van der Waals surface area (Å²) in [5.41, 5.74) is -2.49. The zero-order valence-electron chi connectivity index (χ0n) is 8.65. The molecule has 1 aliphatic rings. The number of aromatic nitrogens is 2. The van der Waals surface area contributed by atoms with Crippen molar-refractivity contribution in [1.29, 1.82) is 0 Å². The first-order chi connectivity index (χ1) is 7.98. The van der Waals surface area contributed by atoms with Crippen molar-refractivity contribution < 1.29 is 18.6 Å². The SMILES string of the molecule is O=c1[nH]cc(F)c(=O)n1C1(F)CCC(CO)O1. The molecule has 0 radical (unpaired) electrons. The number of rotatable bonds is 2. The molecule has 6 nitrogen and oxygen atoms in total. The number of hydrogen-bond donors (Lipinski definition) is 2. The van der Waals surface area contributed by atoms with Crippen LogP contribution in [0.3, 0.4) is 0 Å². The molecule has 1 saturated heterocycles. The van der Waals surface area contributed by atoms with Crippen LogP contribution in [0.25, 0.3) is 0 Å². The quantitative estimate of drug-likeness (QED) is 0.733. The van der Waals surface area contributed by atoms with E-state index in [0.717, 1.165) is 0 Å². The minimum Gasteiger partial charge on any atom is -0.394 e. The van der Waals surface area contributed by atoms with Gasteiger partial charge in [0.1, 0.15) is 0 Å². The summed E-state index contributed by atoms with van der Waals surface area (Å²) < 4.78 is 32.0. The number of aliphatic hydroxyl groups excluding tert-OH is 1. The van der Waals surface area contributed by atoms with E-state index in [0.29, 0.717) is 6.20 Å². The molecule has 1 fully saturated rings. The third kappa shape index (κ3) is 1.89. The standard InChI is InChI=1S/C9H10F2N2O4/c10-6-3-12-8(16)13(7(6)15)9(11)2-1-5(4-14)17-9/h3,5,14H,1-2,4H2,(H,12,16). The van der Waals surface area contributed by atoms with E-state index in [2.05, 4.69) is 0 Å². The number of halogens is 2. The zero-order chi connectivity index (χ0) is 12.6. The Morgan fingerprint density at radius 1 is 1.65 bits per heavy atom. The average molecular weight is 248 g/mol. The molecular weight excluding hydrogens is 238 g/mol. The van der Waals surface area contributed by atoms with E-state index in [1.807, 2.05) is 4.98 Å². The first-order valence-electron chi connectivity index (χ1n) is 4.96. The van der Waals surface area contributed by atoms with Crippen LogP contribution in [0.4, 0.5) is 8.78 Å². The third-order valence-electron chi connectivity index (χ3n) is 2.59. The molecule has 1 aromatic rings. The number of nitrogens with one attached hydrogen (secondary N) is 1. The van der Waals surface area contributed by atoms with Crippen molar-refractivity contribution in [1.82, 2.24) is 9.55 Å². The first-order valence-corrected chi connectivity index (χ1v) is 4.96. The number of aliphatic hydroxyl groups is 1. The van der Waals surface area contributed by atoms with Gasteiger partial charge in [0.2, 0.25) is 5.82 Å². The lowest BCUT2D eigenvalue weighted by Crippen LogP contribution is -2.48. The van der Waals surface area contributed by atoms with Gasteiger partial charge in [0, 0.05) is 12.6 Å². The topological polar surface area (TPSA) is 84.3 Å². The number of H-pyrrole nitrogens is 1. The molecule has 2 N–H and O–H groups in total. The summed E-state index contributed by atoms with van der Waals surface area (Å²) in [4.78, 5) is 24.6. The molecule has 2 rings (SSSR count). The summed E-state index contributed by atoms with van der Waals surface area (Å²) in [6, 6.07) is 0. The Labute approximate surface area is 93.5 Å². The monoisotopic (exact) mass is 248 g/mol. The van der Waals surface area contributed by atoms with Crippen molar-refractivity contribution in [2.45, 2.75) is 24.9 Å². The largest absolute Gasteiger partial charge is 0.394 e. The van der Waals surface area contributed by atoms with Crippen LogP contribution < -0.4 is 11.2 Å². The summed E-state index contributed by atoms with van der Waals surface area (Å²) in [6.45, 7) is -0.437. The van der Waals surface area contributed by atoms with Crippen molar-refractivity contribution in [2.24, 2.45) is 0 Å². The van der Waals surface area contributed by atoms with Gasteiger partial charge in [0.25, 0.3) is 11.5 Å². The number of nitrogens with zero attached hydrogens (tertiary/aromatic N) is 1. The van der Waals surface area contributed by atoms with Gasteiger partial charge in [-0.2, -0.15) is 13.3 Å². The van der Waals surface area contributed by atoms with Gasteiger partial charge in [-0.3, -0.25) is 4.79 Å². The molecule has 0 amide bonds. The van der Waals surface area contributed by atoms with Crippen LogP contribution in [0.2, 0.25) is 0 Å². The molecule has 0 saturated carbocycles. The lowest BCUT2D eigenvalue weighted by atomic mass is 10.2. The second-order valence-corrected chi connectivity index (χ2v) is 3.73.